The molecule has 1 heterocycles. The van der Waals surface area contributed by atoms with Crippen molar-refractivity contribution in [2.45, 2.75) is 64.5 Å². The molecule has 3 amide bonds. The number of hydrogen-bond donors (Lipinski definition) is 4. The summed E-state index contributed by atoms with van der Waals surface area (Å²) in [6, 6.07) is -0.558. The molecular formula is C16H29N3O5. The van der Waals surface area contributed by atoms with Crippen molar-refractivity contribution in [3.8, 4) is 0 Å². The van der Waals surface area contributed by atoms with E-state index in [1.165, 1.54) is 10.4 Å². The lowest BCUT2D eigenvalue weighted by molar-refractivity contribution is -0.152. The SMILES string of the molecule is CCCCC(C(=O)N1CCC[C@H]1C(=O)NCCC)C(O)C(=O)NO. The van der Waals surface area contributed by atoms with Gasteiger partial charge in [-0.25, -0.2) is 5.48 Å². The Morgan fingerprint density at radius 3 is 2.54 bits per heavy atom. The van der Waals surface area contributed by atoms with Crippen LogP contribution in [0.1, 0.15) is 52.4 Å². The second-order valence-corrected chi connectivity index (χ2v) is 6.15. The van der Waals surface area contributed by atoms with Crippen LogP contribution in [0.2, 0.25) is 0 Å². The Bertz CT molecular complexity index is 443. The van der Waals surface area contributed by atoms with E-state index in [9.17, 15) is 19.5 Å². The lowest BCUT2D eigenvalue weighted by Gasteiger charge is -2.30. The Kier molecular flexibility index (Phi) is 8.70. The molecule has 138 valence electrons. The number of carbonyl (C=O) groups excluding carboxylic acids is 3. The number of aliphatic hydroxyl groups excluding tert-OH is 1. The van der Waals surface area contributed by atoms with E-state index in [-0.39, 0.29) is 5.91 Å². The first-order chi connectivity index (χ1) is 11.5. The molecule has 0 spiro atoms. The van der Waals surface area contributed by atoms with Crippen LogP contribution in [0.5, 0.6) is 0 Å². The predicted octanol–water partition coefficient (Wildman–Crippen LogP) is 0.176. The number of hydrogen-bond acceptors (Lipinski definition) is 5. The summed E-state index contributed by atoms with van der Waals surface area (Å²) < 4.78 is 0. The fourth-order valence-corrected chi connectivity index (χ4v) is 2.97. The quantitative estimate of drug-likeness (QED) is 0.352. The lowest BCUT2D eigenvalue weighted by atomic mass is 9.93. The number of amides is 3. The minimum atomic E-state index is -1.63. The van der Waals surface area contributed by atoms with Crippen molar-refractivity contribution in [3.63, 3.8) is 0 Å². The number of likely N-dealkylation sites (tertiary alicyclic amines) is 1. The molecule has 8 heteroatoms. The third-order valence-corrected chi connectivity index (χ3v) is 4.33. The second-order valence-electron chi connectivity index (χ2n) is 6.15. The van der Waals surface area contributed by atoms with E-state index in [1.54, 1.807) is 0 Å². The van der Waals surface area contributed by atoms with Gasteiger partial charge in [0, 0.05) is 13.1 Å². The molecule has 0 aromatic heterocycles. The highest BCUT2D eigenvalue weighted by atomic mass is 16.5. The maximum atomic E-state index is 12.8. The monoisotopic (exact) mass is 343 g/mol. The van der Waals surface area contributed by atoms with Crippen LogP contribution in [-0.4, -0.2) is 58.2 Å². The van der Waals surface area contributed by atoms with E-state index >= 15 is 0 Å². The van der Waals surface area contributed by atoms with Crippen LogP contribution in [0.25, 0.3) is 0 Å². The van der Waals surface area contributed by atoms with Crippen molar-refractivity contribution >= 4 is 17.7 Å². The molecule has 8 nitrogen and oxygen atoms in total. The van der Waals surface area contributed by atoms with Gasteiger partial charge in [0.15, 0.2) is 0 Å². The van der Waals surface area contributed by atoms with Crippen LogP contribution in [0.15, 0.2) is 0 Å². The van der Waals surface area contributed by atoms with Crippen molar-refractivity contribution in [1.82, 2.24) is 15.7 Å². The number of nitrogens with one attached hydrogen (secondary N) is 2. The van der Waals surface area contributed by atoms with Crippen LogP contribution < -0.4 is 10.8 Å². The van der Waals surface area contributed by atoms with Gasteiger partial charge in [-0.3, -0.25) is 19.6 Å². The molecule has 4 N–H and O–H groups in total. The number of carbonyl (C=O) groups is 3. The van der Waals surface area contributed by atoms with Gasteiger partial charge >= 0.3 is 0 Å². The average Bonchev–Trinajstić information content (AvgIpc) is 3.08. The maximum Gasteiger partial charge on any atom is 0.272 e. The van der Waals surface area contributed by atoms with E-state index < -0.39 is 29.9 Å². The van der Waals surface area contributed by atoms with E-state index in [0.29, 0.717) is 38.8 Å². The zero-order valence-corrected chi connectivity index (χ0v) is 14.5. The molecule has 0 aromatic carbocycles. The molecule has 24 heavy (non-hydrogen) atoms. The van der Waals surface area contributed by atoms with Gasteiger partial charge in [-0.15, -0.1) is 0 Å². The highest BCUT2D eigenvalue weighted by molar-refractivity contribution is 5.92. The summed E-state index contributed by atoms with van der Waals surface area (Å²) in [6.07, 6.45) is 2.24. The van der Waals surface area contributed by atoms with Gasteiger partial charge in [-0.2, -0.15) is 0 Å². The fourth-order valence-electron chi connectivity index (χ4n) is 2.97. The maximum absolute atomic E-state index is 12.8. The van der Waals surface area contributed by atoms with Gasteiger partial charge in [0.05, 0.1) is 5.92 Å². The molecule has 0 aliphatic carbocycles. The van der Waals surface area contributed by atoms with Gasteiger partial charge in [-0.05, 0) is 25.7 Å². The van der Waals surface area contributed by atoms with Crippen LogP contribution >= 0.6 is 0 Å². The summed E-state index contributed by atoms with van der Waals surface area (Å²) >= 11 is 0. The summed E-state index contributed by atoms with van der Waals surface area (Å²) in [4.78, 5) is 38.0. The van der Waals surface area contributed by atoms with Gasteiger partial charge in [0.2, 0.25) is 11.8 Å². The Labute approximate surface area is 142 Å². The number of nitrogens with zero attached hydrogens (tertiary/aromatic N) is 1. The van der Waals surface area contributed by atoms with E-state index in [2.05, 4.69) is 5.32 Å². The average molecular weight is 343 g/mol. The van der Waals surface area contributed by atoms with Gasteiger partial charge in [0.25, 0.3) is 5.91 Å². The van der Waals surface area contributed by atoms with Crippen molar-refractivity contribution in [3.05, 3.63) is 0 Å². The minimum absolute atomic E-state index is 0.196. The van der Waals surface area contributed by atoms with Crippen molar-refractivity contribution < 1.29 is 24.7 Å². The molecule has 2 unspecified atom stereocenters. The van der Waals surface area contributed by atoms with Crippen molar-refractivity contribution in [2.75, 3.05) is 13.1 Å². The molecule has 0 saturated carbocycles. The van der Waals surface area contributed by atoms with E-state index in [4.69, 9.17) is 5.21 Å². The Morgan fingerprint density at radius 2 is 1.96 bits per heavy atom. The summed E-state index contributed by atoms with van der Waals surface area (Å²) in [6.45, 7) is 4.87. The Balaban J connectivity index is 2.86. The number of unbranched alkanes of at least 4 members (excludes halogenated alkanes) is 1. The molecule has 1 aliphatic rings. The standard InChI is InChI=1S/C16H29N3O5/c1-3-5-7-11(13(20)15(22)18-24)16(23)19-10-6-8-12(19)14(21)17-9-4-2/h11-13,20,24H,3-10H2,1-2H3,(H,17,21)(H,18,22)/t11?,12-,13?/m0/s1. The molecule has 0 aromatic rings. The highest BCUT2D eigenvalue weighted by Gasteiger charge is 2.40. The first-order valence-electron chi connectivity index (χ1n) is 8.68. The van der Waals surface area contributed by atoms with E-state index in [0.717, 1.165) is 12.8 Å². The van der Waals surface area contributed by atoms with Crippen LogP contribution in [-0.2, 0) is 14.4 Å². The normalized spacial score (nSPS) is 19.7. The second kappa shape index (κ2) is 10.2. The zero-order valence-electron chi connectivity index (χ0n) is 14.5. The van der Waals surface area contributed by atoms with E-state index in [1.807, 2.05) is 13.8 Å². The zero-order chi connectivity index (χ0) is 18.1. The Morgan fingerprint density at radius 1 is 1.25 bits per heavy atom. The van der Waals surface area contributed by atoms with Crippen LogP contribution in [0.3, 0.4) is 0 Å². The highest BCUT2D eigenvalue weighted by Crippen LogP contribution is 2.24. The lowest BCUT2D eigenvalue weighted by Crippen LogP contribution is -2.51. The molecule has 1 saturated heterocycles. The third kappa shape index (κ3) is 5.17. The summed E-state index contributed by atoms with van der Waals surface area (Å²) in [7, 11) is 0. The number of aliphatic hydroxyl groups is 1. The van der Waals surface area contributed by atoms with Gasteiger partial charge < -0.3 is 15.3 Å². The molecule has 0 radical (unpaired) electrons. The first kappa shape index (κ1) is 20.4. The third-order valence-electron chi connectivity index (χ3n) is 4.33. The molecular weight excluding hydrogens is 314 g/mol. The number of rotatable bonds is 9. The molecule has 1 rings (SSSR count). The van der Waals surface area contributed by atoms with Crippen molar-refractivity contribution in [1.29, 1.82) is 0 Å². The molecule has 1 fully saturated rings. The van der Waals surface area contributed by atoms with Crippen molar-refractivity contribution in [2.24, 2.45) is 5.92 Å². The molecule has 1 aliphatic heterocycles. The first-order valence-corrected chi connectivity index (χ1v) is 8.68. The summed E-state index contributed by atoms with van der Waals surface area (Å²) in [5.74, 6) is -2.57. The largest absolute Gasteiger partial charge is 0.382 e. The smallest absolute Gasteiger partial charge is 0.272 e. The van der Waals surface area contributed by atoms with Gasteiger partial charge in [-0.1, -0.05) is 26.7 Å². The Hall–Kier alpha value is -1.67. The molecule has 0 bridgehead atoms. The van der Waals surface area contributed by atoms with Crippen LogP contribution in [0.4, 0.5) is 0 Å². The fraction of sp³-hybridized carbons (Fsp3) is 0.812. The predicted molar refractivity (Wildman–Crippen MR) is 87.0 cm³/mol. The van der Waals surface area contributed by atoms with Crippen LogP contribution in [0, 0.1) is 5.92 Å². The molecule has 3 atom stereocenters. The summed E-state index contributed by atoms with van der Waals surface area (Å²) in [5.41, 5.74) is 1.39. The minimum Gasteiger partial charge on any atom is -0.382 e. The summed E-state index contributed by atoms with van der Waals surface area (Å²) in [5, 5.41) is 21.6. The van der Waals surface area contributed by atoms with Gasteiger partial charge in [0.1, 0.15) is 12.1 Å². The number of hydroxylamine groups is 1. The topological polar surface area (TPSA) is 119 Å².